The number of nitrogens with one attached hydrogen (secondary N) is 1. The van der Waals surface area contributed by atoms with E-state index >= 15 is 0 Å². The van der Waals surface area contributed by atoms with Gasteiger partial charge in [-0.15, -0.1) is 0 Å². The van der Waals surface area contributed by atoms with Gasteiger partial charge in [-0.05, 0) is 35.4 Å². The van der Waals surface area contributed by atoms with E-state index in [2.05, 4.69) is 36.0 Å². The lowest BCUT2D eigenvalue weighted by molar-refractivity contribution is 0.610. The Morgan fingerprint density at radius 3 is 3.06 bits per heavy atom. The summed E-state index contributed by atoms with van der Waals surface area (Å²) >= 11 is 4.49. The molecule has 0 unspecified atom stereocenters. The zero-order valence-corrected chi connectivity index (χ0v) is 10.6. The zero-order chi connectivity index (χ0) is 11.4. The van der Waals surface area contributed by atoms with Crippen LogP contribution in [0.2, 0.25) is 0 Å². The summed E-state index contributed by atoms with van der Waals surface area (Å²) in [6.07, 6.45) is 0.588. The number of benzene rings is 1. The number of rotatable bonds is 4. The Hall–Kier alpha value is -1.08. The molecule has 2 rings (SSSR count). The van der Waals surface area contributed by atoms with Gasteiger partial charge in [-0.2, -0.15) is 0 Å². The van der Waals surface area contributed by atoms with E-state index in [1.807, 2.05) is 0 Å². The zero-order valence-electron chi connectivity index (χ0n) is 8.15. The fraction of sp³-hybridized carbons (Fsp3) is 0.222. The minimum absolute atomic E-state index is 0.194. The summed E-state index contributed by atoms with van der Waals surface area (Å²) in [6, 6.07) is 4.90. The number of anilines is 1. The van der Waals surface area contributed by atoms with E-state index in [9.17, 15) is 4.39 Å². The summed E-state index contributed by atoms with van der Waals surface area (Å²) < 4.78 is 17.8. The molecule has 84 valence electrons. The van der Waals surface area contributed by atoms with Crippen molar-refractivity contribution in [2.24, 2.45) is 0 Å². The van der Waals surface area contributed by atoms with Crippen LogP contribution in [0.15, 0.2) is 22.7 Å². The number of nitrogens with zero attached hydrogens (tertiary/aromatic N) is 3. The molecule has 0 saturated heterocycles. The number of halogens is 2. The highest BCUT2D eigenvalue weighted by Gasteiger charge is 2.03. The lowest BCUT2D eigenvalue weighted by Crippen LogP contribution is -2.05. The molecule has 0 aliphatic heterocycles. The van der Waals surface area contributed by atoms with Gasteiger partial charge in [0, 0.05) is 22.5 Å². The first kappa shape index (κ1) is 11.4. The number of hydrogen-bond acceptors (Lipinski definition) is 5. The average molecular weight is 303 g/mol. The Kier molecular flexibility index (Phi) is 3.79. The third-order valence-corrected chi connectivity index (χ3v) is 3.02. The van der Waals surface area contributed by atoms with Gasteiger partial charge in [-0.3, -0.25) is 0 Å². The normalized spacial score (nSPS) is 10.4. The van der Waals surface area contributed by atoms with E-state index in [0.29, 0.717) is 23.7 Å². The van der Waals surface area contributed by atoms with Crippen molar-refractivity contribution < 1.29 is 4.39 Å². The van der Waals surface area contributed by atoms with E-state index in [1.165, 1.54) is 17.6 Å². The molecule has 1 aromatic carbocycles. The predicted octanol–water partition coefficient (Wildman–Crippen LogP) is 2.49. The largest absolute Gasteiger partial charge is 0.359 e. The quantitative estimate of drug-likeness (QED) is 0.943. The average Bonchev–Trinajstić information content (AvgIpc) is 2.76. The van der Waals surface area contributed by atoms with Gasteiger partial charge in [-0.25, -0.2) is 4.39 Å². The molecule has 2 aromatic rings. The molecule has 0 atom stereocenters. The molecule has 1 N–H and O–H groups in total. The standard InChI is InChI=1S/C9H8BrFN4S/c10-7-1-2-8(11)6(5-7)3-4-12-9-13-14-15-16-9/h1-2,5H,3-4H2,(H,12,13,15). The minimum Gasteiger partial charge on any atom is -0.359 e. The first-order chi connectivity index (χ1) is 7.75. The summed E-state index contributed by atoms with van der Waals surface area (Å²) in [7, 11) is 0. The summed E-state index contributed by atoms with van der Waals surface area (Å²) in [4.78, 5) is 0. The lowest BCUT2D eigenvalue weighted by atomic mass is 10.1. The van der Waals surface area contributed by atoms with Crippen LogP contribution in [-0.4, -0.2) is 21.3 Å². The molecule has 0 saturated carbocycles. The first-order valence-corrected chi connectivity index (χ1v) is 6.15. The first-order valence-electron chi connectivity index (χ1n) is 4.58. The second kappa shape index (κ2) is 5.31. The highest BCUT2D eigenvalue weighted by molar-refractivity contribution is 9.10. The Bertz CT molecular complexity index is 463. The van der Waals surface area contributed by atoms with Crippen LogP contribution in [0.1, 0.15) is 5.56 Å². The van der Waals surface area contributed by atoms with Crippen molar-refractivity contribution in [3.8, 4) is 0 Å². The summed E-state index contributed by atoms with van der Waals surface area (Å²) in [5, 5.41) is 10.9. The van der Waals surface area contributed by atoms with E-state index in [1.54, 1.807) is 12.1 Å². The second-order valence-corrected chi connectivity index (χ2v) is 4.73. The fourth-order valence-corrected chi connectivity index (χ4v) is 2.04. The number of aromatic nitrogens is 3. The van der Waals surface area contributed by atoms with Gasteiger partial charge < -0.3 is 5.32 Å². The molecule has 1 aromatic heterocycles. The minimum atomic E-state index is -0.194. The van der Waals surface area contributed by atoms with Crippen molar-refractivity contribution in [1.29, 1.82) is 0 Å². The maximum absolute atomic E-state index is 13.3. The maximum Gasteiger partial charge on any atom is 0.225 e. The molecule has 0 amide bonds. The third-order valence-electron chi connectivity index (χ3n) is 1.98. The Morgan fingerprint density at radius 1 is 1.44 bits per heavy atom. The van der Waals surface area contributed by atoms with Gasteiger partial charge >= 0.3 is 0 Å². The summed E-state index contributed by atoms with van der Waals surface area (Å²) in [5.74, 6) is -0.194. The van der Waals surface area contributed by atoms with Crippen molar-refractivity contribution in [3.05, 3.63) is 34.1 Å². The van der Waals surface area contributed by atoms with Crippen LogP contribution in [0.3, 0.4) is 0 Å². The topological polar surface area (TPSA) is 50.7 Å². The van der Waals surface area contributed by atoms with Gasteiger partial charge in [-0.1, -0.05) is 25.5 Å². The van der Waals surface area contributed by atoms with Crippen LogP contribution in [-0.2, 0) is 6.42 Å². The van der Waals surface area contributed by atoms with Crippen molar-refractivity contribution in [2.75, 3.05) is 11.9 Å². The van der Waals surface area contributed by atoms with Crippen molar-refractivity contribution in [3.63, 3.8) is 0 Å². The van der Waals surface area contributed by atoms with E-state index in [-0.39, 0.29) is 5.82 Å². The lowest BCUT2D eigenvalue weighted by Gasteiger charge is -2.04. The predicted molar refractivity (Wildman–Crippen MR) is 64.0 cm³/mol. The molecule has 0 aliphatic rings. The molecule has 0 spiro atoms. The molecule has 0 fully saturated rings. The van der Waals surface area contributed by atoms with Crippen molar-refractivity contribution in [1.82, 2.24) is 14.8 Å². The van der Waals surface area contributed by atoms with Crippen LogP contribution in [0, 0.1) is 5.82 Å². The van der Waals surface area contributed by atoms with Gasteiger partial charge in [0.25, 0.3) is 0 Å². The molecular weight excluding hydrogens is 295 g/mol. The molecule has 0 bridgehead atoms. The van der Waals surface area contributed by atoms with E-state index < -0.39 is 0 Å². The van der Waals surface area contributed by atoms with Crippen LogP contribution < -0.4 is 5.32 Å². The van der Waals surface area contributed by atoms with Crippen molar-refractivity contribution in [2.45, 2.75) is 6.42 Å². The molecule has 0 aliphatic carbocycles. The molecule has 1 heterocycles. The highest BCUT2D eigenvalue weighted by atomic mass is 79.9. The molecular formula is C9H8BrFN4S. The molecule has 7 heteroatoms. The van der Waals surface area contributed by atoms with Crippen LogP contribution >= 0.6 is 27.5 Å². The van der Waals surface area contributed by atoms with E-state index in [0.717, 1.165) is 4.47 Å². The van der Waals surface area contributed by atoms with E-state index in [4.69, 9.17) is 0 Å². The summed E-state index contributed by atoms with van der Waals surface area (Å²) in [6.45, 7) is 0.601. The smallest absolute Gasteiger partial charge is 0.225 e. The molecule has 0 radical (unpaired) electrons. The van der Waals surface area contributed by atoms with Crippen LogP contribution in [0.4, 0.5) is 9.52 Å². The fourth-order valence-electron chi connectivity index (χ4n) is 1.24. The van der Waals surface area contributed by atoms with Gasteiger partial charge in [0.2, 0.25) is 5.13 Å². The van der Waals surface area contributed by atoms with Crippen LogP contribution in [0.25, 0.3) is 0 Å². The van der Waals surface area contributed by atoms with Crippen LogP contribution in [0.5, 0.6) is 0 Å². The number of hydrogen-bond donors (Lipinski definition) is 1. The SMILES string of the molecule is Fc1ccc(Br)cc1CCNc1nnns1. The summed E-state index contributed by atoms with van der Waals surface area (Å²) in [5.41, 5.74) is 0.666. The molecule has 4 nitrogen and oxygen atoms in total. The molecule has 16 heavy (non-hydrogen) atoms. The maximum atomic E-state index is 13.3. The van der Waals surface area contributed by atoms with Crippen molar-refractivity contribution >= 4 is 32.6 Å². The monoisotopic (exact) mass is 302 g/mol. The Morgan fingerprint density at radius 2 is 2.31 bits per heavy atom. The Labute approximate surface area is 104 Å². The van der Waals surface area contributed by atoms with Gasteiger partial charge in [0.1, 0.15) is 5.82 Å². The third kappa shape index (κ3) is 2.96. The van der Waals surface area contributed by atoms with Gasteiger partial charge in [0.05, 0.1) is 0 Å². The second-order valence-electron chi connectivity index (χ2n) is 3.08. The highest BCUT2D eigenvalue weighted by Crippen LogP contribution is 2.16. The Balaban J connectivity index is 1.92. The van der Waals surface area contributed by atoms with Gasteiger partial charge in [0.15, 0.2) is 0 Å².